The minimum Gasteiger partial charge on any atom is -0.338 e. The van der Waals surface area contributed by atoms with Crippen LogP contribution < -0.4 is 5.73 Å². The van der Waals surface area contributed by atoms with E-state index in [0.717, 1.165) is 6.54 Å². The van der Waals surface area contributed by atoms with E-state index in [1.54, 1.807) is 0 Å². The first kappa shape index (κ1) is 7.10. The van der Waals surface area contributed by atoms with Gasteiger partial charge in [0.05, 0.1) is 5.41 Å². The molecule has 2 N–H and O–H groups in total. The highest BCUT2D eigenvalue weighted by Crippen LogP contribution is 2.39. The van der Waals surface area contributed by atoms with Crippen LogP contribution in [0.5, 0.6) is 0 Å². The number of amides is 1. The molecular formula is C8H14N2O. The zero-order chi connectivity index (χ0) is 8.06. The van der Waals surface area contributed by atoms with Crippen molar-refractivity contribution in [2.75, 3.05) is 13.1 Å². The molecule has 1 saturated carbocycles. The molecule has 0 aromatic heterocycles. The van der Waals surface area contributed by atoms with Crippen LogP contribution in [0.3, 0.4) is 0 Å². The van der Waals surface area contributed by atoms with E-state index in [4.69, 9.17) is 5.73 Å². The second-order valence-electron chi connectivity index (χ2n) is 3.93. The molecule has 2 fully saturated rings. The Hall–Kier alpha value is -0.570. The van der Waals surface area contributed by atoms with E-state index in [1.165, 1.54) is 12.8 Å². The van der Waals surface area contributed by atoms with Crippen LogP contribution in [0.2, 0.25) is 0 Å². The lowest BCUT2D eigenvalue weighted by molar-refractivity contribution is -0.158. The number of carbonyl (C=O) groups excluding carboxylic acids is 1. The summed E-state index contributed by atoms with van der Waals surface area (Å²) >= 11 is 0. The molecule has 1 unspecified atom stereocenters. The summed E-state index contributed by atoms with van der Waals surface area (Å²) in [6.45, 7) is 3.33. The summed E-state index contributed by atoms with van der Waals surface area (Å²) in [6, 6.07) is 0.571. The minimum atomic E-state index is -0.220. The average molecular weight is 154 g/mol. The Balaban J connectivity index is 1.99. The third kappa shape index (κ3) is 0.872. The quantitative estimate of drug-likeness (QED) is 0.567. The van der Waals surface area contributed by atoms with Gasteiger partial charge in [-0.05, 0) is 19.8 Å². The minimum absolute atomic E-state index is 0.220. The van der Waals surface area contributed by atoms with Gasteiger partial charge < -0.3 is 10.6 Å². The van der Waals surface area contributed by atoms with E-state index in [1.807, 2.05) is 11.8 Å². The smallest absolute Gasteiger partial charge is 0.231 e. The number of β-lactam (4-membered cyclic amide) rings is 1. The molecule has 2 rings (SSSR count). The zero-order valence-corrected chi connectivity index (χ0v) is 6.84. The van der Waals surface area contributed by atoms with Crippen molar-refractivity contribution in [2.24, 2.45) is 11.1 Å². The van der Waals surface area contributed by atoms with E-state index in [-0.39, 0.29) is 11.3 Å². The number of rotatable bonds is 2. The van der Waals surface area contributed by atoms with Crippen molar-refractivity contribution in [3.05, 3.63) is 0 Å². The van der Waals surface area contributed by atoms with Crippen LogP contribution in [0.15, 0.2) is 0 Å². The van der Waals surface area contributed by atoms with Gasteiger partial charge in [-0.25, -0.2) is 0 Å². The molecule has 0 spiro atoms. The molecule has 11 heavy (non-hydrogen) atoms. The molecule has 0 aromatic carbocycles. The van der Waals surface area contributed by atoms with E-state index in [2.05, 4.69) is 0 Å². The maximum absolute atomic E-state index is 11.4. The number of nitrogens with zero attached hydrogens (tertiary/aromatic N) is 1. The van der Waals surface area contributed by atoms with Crippen LogP contribution in [0, 0.1) is 5.41 Å². The maximum atomic E-state index is 11.4. The highest BCUT2D eigenvalue weighted by molar-refractivity contribution is 5.89. The third-order valence-corrected chi connectivity index (χ3v) is 2.73. The standard InChI is InChI=1S/C8H14N2O/c1-8(4-9)5-10(7(8)11)6-2-3-6/h6H,2-5,9H2,1H3. The second kappa shape index (κ2) is 1.97. The first-order chi connectivity index (χ1) is 5.17. The summed E-state index contributed by atoms with van der Waals surface area (Å²) in [5.41, 5.74) is 5.27. The first-order valence-electron chi connectivity index (χ1n) is 4.18. The largest absolute Gasteiger partial charge is 0.338 e. The van der Waals surface area contributed by atoms with E-state index >= 15 is 0 Å². The van der Waals surface area contributed by atoms with Gasteiger partial charge in [-0.1, -0.05) is 0 Å². The summed E-state index contributed by atoms with van der Waals surface area (Å²) in [6.07, 6.45) is 2.40. The summed E-state index contributed by atoms with van der Waals surface area (Å²) in [5.74, 6) is 0.266. The molecule has 3 heteroatoms. The van der Waals surface area contributed by atoms with Crippen molar-refractivity contribution in [1.29, 1.82) is 0 Å². The van der Waals surface area contributed by atoms with Crippen LogP contribution in [0.4, 0.5) is 0 Å². The summed E-state index contributed by atoms with van der Waals surface area (Å²) in [7, 11) is 0. The molecule has 1 amide bonds. The monoisotopic (exact) mass is 154 g/mol. The molecule has 0 aromatic rings. The van der Waals surface area contributed by atoms with E-state index in [9.17, 15) is 4.79 Å². The molecule has 62 valence electrons. The third-order valence-electron chi connectivity index (χ3n) is 2.73. The molecule has 3 nitrogen and oxygen atoms in total. The Bertz CT molecular complexity index is 200. The maximum Gasteiger partial charge on any atom is 0.231 e. The van der Waals surface area contributed by atoms with Crippen LogP contribution in [0.25, 0.3) is 0 Å². The van der Waals surface area contributed by atoms with Gasteiger partial charge in [0.1, 0.15) is 0 Å². The molecular weight excluding hydrogens is 140 g/mol. The molecule has 2 aliphatic rings. The number of hydrogen-bond acceptors (Lipinski definition) is 2. The number of likely N-dealkylation sites (tertiary alicyclic amines) is 1. The summed E-state index contributed by atoms with van der Waals surface area (Å²) in [5, 5.41) is 0. The van der Waals surface area contributed by atoms with Crippen LogP contribution >= 0.6 is 0 Å². The molecule has 1 atom stereocenters. The van der Waals surface area contributed by atoms with Crippen LogP contribution in [-0.2, 0) is 4.79 Å². The fourth-order valence-electron chi connectivity index (χ4n) is 1.60. The highest BCUT2D eigenvalue weighted by atomic mass is 16.2. The predicted octanol–water partition coefficient (Wildman–Crippen LogP) is -0.0440. The summed E-state index contributed by atoms with van der Waals surface area (Å²) < 4.78 is 0. The number of carbonyl (C=O) groups is 1. The fraction of sp³-hybridized carbons (Fsp3) is 0.875. The van der Waals surface area contributed by atoms with Crippen LogP contribution in [0.1, 0.15) is 19.8 Å². The summed E-state index contributed by atoms with van der Waals surface area (Å²) in [4.78, 5) is 13.4. The Morgan fingerprint density at radius 1 is 1.73 bits per heavy atom. The van der Waals surface area contributed by atoms with Gasteiger partial charge in [0.15, 0.2) is 0 Å². The van der Waals surface area contributed by atoms with E-state index in [0.29, 0.717) is 12.6 Å². The lowest BCUT2D eigenvalue weighted by Crippen LogP contribution is -2.63. The molecule has 1 saturated heterocycles. The van der Waals surface area contributed by atoms with Crippen molar-refractivity contribution in [3.8, 4) is 0 Å². The predicted molar refractivity (Wildman–Crippen MR) is 41.9 cm³/mol. The van der Waals surface area contributed by atoms with Crippen LogP contribution in [-0.4, -0.2) is 29.9 Å². The van der Waals surface area contributed by atoms with Crippen molar-refractivity contribution in [1.82, 2.24) is 4.90 Å². The molecule has 0 bridgehead atoms. The van der Waals surface area contributed by atoms with Gasteiger partial charge >= 0.3 is 0 Å². The molecule has 1 heterocycles. The van der Waals surface area contributed by atoms with Gasteiger partial charge in [0.2, 0.25) is 5.91 Å². The zero-order valence-electron chi connectivity index (χ0n) is 6.84. The van der Waals surface area contributed by atoms with Gasteiger partial charge in [0.25, 0.3) is 0 Å². The van der Waals surface area contributed by atoms with Gasteiger partial charge in [0, 0.05) is 19.1 Å². The van der Waals surface area contributed by atoms with Crippen molar-refractivity contribution in [2.45, 2.75) is 25.8 Å². The Morgan fingerprint density at radius 2 is 2.36 bits per heavy atom. The lowest BCUT2D eigenvalue weighted by atomic mass is 9.81. The van der Waals surface area contributed by atoms with Gasteiger partial charge in [-0.15, -0.1) is 0 Å². The van der Waals surface area contributed by atoms with Crippen molar-refractivity contribution < 1.29 is 4.79 Å². The van der Waals surface area contributed by atoms with E-state index < -0.39 is 0 Å². The molecule has 1 aliphatic carbocycles. The van der Waals surface area contributed by atoms with Crippen molar-refractivity contribution >= 4 is 5.91 Å². The average Bonchev–Trinajstić information content (AvgIpc) is 2.81. The lowest BCUT2D eigenvalue weighted by Gasteiger charge is -2.46. The normalized spacial score (nSPS) is 37.3. The first-order valence-corrected chi connectivity index (χ1v) is 4.18. The Labute approximate surface area is 66.5 Å². The molecule has 1 aliphatic heterocycles. The molecule has 0 radical (unpaired) electrons. The SMILES string of the molecule is CC1(CN)CN(C2CC2)C1=O. The topological polar surface area (TPSA) is 46.3 Å². The second-order valence-corrected chi connectivity index (χ2v) is 3.93. The van der Waals surface area contributed by atoms with Gasteiger partial charge in [-0.3, -0.25) is 4.79 Å². The number of hydrogen-bond donors (Lipinski definition) is 1. The van der Waals surface area contributed by atoms with Gasteiger partial charge in [-0.2, -0.15) is 0 Å². The Morgan fingerprint density at radius 3 is 2.73 bits per heavy atom. The Kier molecular flexibility index (Phi) is 1.27. The number of nitrogens with two attached hydrogens (primary N) is 1. The van der Waals surface area contributed by atoms with Crippen molar-refractivity contribution in [3.63, 3.8) is 0 Å². The highest BCUT2D eigenvalue weighted by Gasteiger charge is 2.51. The fourth-order valence-corrected chi connectivity index (χ4v) is 1.60.